The Bertz CT molecular complexity index is 1280. The quantitative estimate of drug-likeness (QED) is 0.501. The van der Waals surface area contributed by atoms with E-state index in [-0.39, 0.29) is 23.5 Å². The van der Waals surface area contributed by atoms with Crippen molar-refractivity contribution >= 4 is 17.0 Å². The molecule has 1 saturated heterocycles. The average Bonchev–Trinajstić information content (AvgIpc) is 2.78. The molecule has 0 bridgehead atoms. The number of hydrogen-bond donors (Lipinski definition) is 0. The first-order valence-electron chi connectivity index (χ1n) is 11.9. The molecule has 186 valence electrons. The van der Waals surface area contributed by atoms with Crippen LogP contribution in [-0.2, 0) is 10.2 Å². The first kappa shape index (κ1) is 24.7. The van der Waals surface area contributed by atoms with Gasteiger partial charge in [-0.3, -0.25) is 4.98 Å². The van der Waals surface area contributed by atoms with Gasteiger partial charge in [-0.1, -0.05) is 26.8 Å². The molecular formula is C27H33N3O5. The Hall–Kier alpha value is -3.42. The van der Waals surface area contributed by atoms with E-state index in [4.69, 9.17) is 13.9 Å². The maximum absolute atomic E-state index is 12.6. The van der Waals surface area contributed by atoms with E-state index in [1.165, 1.54) is 6.20 Å². The summed E-state index contributed by atoms with van der Waals surface area (Å²) in [4.78, 5) is 35.3. The van der Waals surface area contributed by atoms with E-state index in [1.807, 2.05) is 39.0 Å². The number of ether oxygens (including phenoxy) is 2. The minimum Gasteiger partial charge on any atom is -0.489 e. The minimum atomic E-state index is -0.528. The summed E-state index contributed by atoms with van der Waals surface area (Å²) in [6, 6.07) is 7.58. The largest absolute Gasteiger partial charge is 0.489 e. The van der Waals surface area contributed by atoms with Crippen LogP contribution in [0.15, 0.2) is 45.9 Å². The van der Waals surface area contributed by atoms with Crippen molar-refractivity contribution in [3.8, 4) is 17.2 Å². The molecule has 0 atom stereocenters. The number of hydrogen-bond acceptors (Lipinski definition) is 7. The zero-order valence-electron chi connectivity index (χ0n) is 21.3. The predicted octanol–water partition coefficient (Wildman–Crippen LogP) is 5.33. The molecule has 0 N–H and O–H groups in total. The third-order valence-corrected chi connectivity index (χ3v) is 5.89. The van der Waals surface area contributed by atoms with Gasteiger partial charge in [-0.25, -0.2) is 14.6 Å². The average molecular weight is 480 g/mol. The van der Waals surface area contributed by atoms with Crippen LogP contribution < -0.4 is 10.4 Å². The molecule has 1 aliphatic heterocycles. The number of carbonyl (C=O) groups excluding carboxylic acids is 1. The normalized spacial score (nSPS) is 15.3. The predicted molar refractivity (Wildman–Crippen MR) is 134 cm³/mol. The molecule has 3 aromatic rings. The van der Waals surface area contributed by atoms with Crippen LogP contribution in [0.25, 0.3) is 22.4 Å². The van der Waals surface area contributed by atoms with Crippen molar-refractivity contribution in [2.45, 2.75) is 71.5 Å². The number of rotatable bonds is 3. The molecule has 0 radical (unpaired) electrons. The molecule has 8 heteroatoms. The van der Waals surface area contributed by atoms with Crippen molar-refractivity contribution in [3.63, 3.8) is 0 Å². The van der Waals surface area contributed by atoms with Crippen molar-refractivity contribution in [1.29, 1.82) is 0 Å². The molecule has 35 heavy (non-hydrogen) atoms. The van der Waals surface area contributed by atoms with E-state index >= 15 is 0 Å². The lowest BCUT2D eigenvalue weighted by atomic mass is 9.86. The van der Waals surface area contributed by atoms with Gasteiger partial charge in [0.05, 0.1) is 11.1 Å². The van der Waals surface area contributed by atoms with E-state index in [2.05, 4.69) is 30.7 Å². The highest BCUT2D eigenvalue weighted by molar-refractivity contribution is 5.78. The number of piperidine rings is 1. The standard InChI is InChI=1S/C27H33N3O5/c1-26(2,3)17-7-8-19(23-29-21-9-12-28-16-20(21)24(31)34-23)22(15-17)33-18-10-13-30(14-11-18)25(32)35-27(4,5)6/h7-9,12,15-16,18H,10-11,13-14H2,1-6H3. The molecule has 1 fully saturated rings. The van der Waals surface area contributed by atoms with Crippen molar-refractivity contribution in [2.75, 3.05) is 13.1 Å². The lowest BCUT2D eigenvalue weighted by molar-refractivity contribution is 0.0127. The van der Waals surface area contributed by atoms with Crippen LogP contribution in [0.3, 0.4) is 0 Å². The maximum atomic E-state index is 12.6. The number of nitrogens with zero attached hydrogens (tertiary/aromatic N) is 3. The van der Waals surface area contributed by atoms with Gasteiger partial charge in [-0.15, -0.1) is 0 Å². The fourth-order valence-corrected chi connectivity index (χ4v) is 3.96. The number of carbonyl (C=O) groups is 1. The van der Waals surface area contributed by atoms with Crippen LogP contribution in [0.5, 0.6) is 5.75 Å². The number of aromatic nitrogens is 2. The summed E-state index contributed by atoms with van der Waals surface area (Å²) in [7, 11) is 0. The number of benzene rings is 1. The van der Waals surface area contributed by atoms with Gasteiger partial charge >= 0.3 is 11.7 Å². The van der Waals surface area contributed by atoms with Crippen molar-refractivity contribution in [1.82, 2.24) is 14.9 Å². The van der Waals surface area contributed by atoms with Crippen LogP contribution in [0.2, 0.25) is 0 Å². The van der Waals surface area contributed by atoms with Crippen molar-refractivity contribution in [3.05, 3.63) is 52.6 Å². The van der Waals surface area contributed by atoms with E-state index in [0.717, 1.165) is 5.56 Å². The van der Waals surface area contributed by atoms with Crippen molar-refractivity contribution in [2.24, 2.45) is 0 Å². The highest BCUT2D eigenvalue weighted by Gasteiger charge is 2.29. The van der Waals surface area contributed by atoms with Gasteiger partial charge in [0.2, 0.25) is 5.89 Å². The van der Waals surface area contributed by atoms with Crippen LogP contribution in [0.1, 0.15) is 59.9 Å². The second kappa shape index (κ2) is 9.32. The van der Waals surface area contributed by atoms with Gasteiger partial charge < -0.3 is 18.8 Å². The molecule has 1 aliphatic rings. The molecule has 0 spiro atoms. The fraction of sp³-hybridized carbons (Fsp3) is 0.481. The van der Waals surface area contributed by atoms with Crippen LogP contribution in [0, 0.1) is 0 Å². The first-order valence-corrected chi connectivity index (χ1v) is 11.9. The van der Waals surface area contributed by atoms with Crippen molar-refractivity contribution < 1.29 is 18.7 Å². The monoisotopic (exact) mass is 479 g/mol. The molecule has 0 saturated carbocycles. The van der Waals surface area contributed by atoms with Crippen LogP contribution in [-0.4, -0.2) is 45.8 Å². The van der Waals surface area contributed by atoms with E-state index in [9.17, 15) is 9.59 Å². The summed E-state index contributed by atoms with van der Waals surface area (Å²) in [5, 5.41) is 0.333. The molecule has 3 heterocycles. The minimum absolute atomic E-state index is 0.0972. The van der Waals surface area contributed by atoms with Gasteiger partial charge in [0.15, 0.2) is 0 Å². The second-order valence-electron chi connectivity index (χ2n) is 10.9. The zero-order chi connectivity index (χ0) is 25.4. The molecule has 1 aromatic carbocycles. The van der Waals surface area contributed by atoms with E-state index < -0.39 is 11.2 Å². The Kier molecular flexibility index (Phi) is 6.58. The second-order valence-corrected chi connectivity index (χ2v) is 10.9. The van der Waals surface area contributed by atoms with E-state index in [0.29, 0.717) is 48.1 Å². The Morgan fingerprint density at radius 3 is 2.46 bits per heavy atom. The number of fused-ring (bicyclic) bond motifs is 1. The lowest BCUT2D eigenvalue weighted by Crippen LogP contribution is -2.44. The third-order valence-electron chi connectivity index (χ3n) is 5.89. The SMILES string of the molecule is CC(C)(C)OC(=O)N1CCC(Oc2cc(C(C)(C)C)ccc2-c2nc3ccncc3c(=O)o2)CC1. The smallest absolute Gasteiger partial charge is 0.410 e. The Balaban J connectivity index is 1.61. The third kappa shape index (κ3) is 5.81. The van der Waals surface area contributed by atoms with E-state index in [1.54, 1.807) is 17.2 Å². The van der Waals surface area contributed by atoms with Gasteiger partial charge in [-0.05, 0) is 49.9 Å². The summed E-state index contributed by atoms with van der Waals surface area (Å²) < 4.78 is 17.5. The summed E-state index contributed by atoms with van der Waals surface area (Å²) in [5.74, 6) is 0.813. The highest BCUT2D eigenvalue weighted by Crippen LogP contribution is 2.35. The lowest BCUT2D eigenvalue weighted by Gasteiger charge is -2.34. The Labute approximate surface area is 205 Å². The molecule has 4 rings (SSSR count). The molecular weight excluding hydrogens is 446 g/mol. The topological polar surface area (TPSA) is 94.8 Å². The maximum Gasteiger partial charge on any atom is 0.410 e. The molecule has 2 aromatic heterocycles. The highest BCUT2D eigenvalue weighted by atomic mass is 16.6. The van der Waals surface area contributed by atoms with Crippen LogP contribution in [0.4, 0.5) is 4.79 Å². The Morgan fingerprint density at radius 1 is 1.09 bits per heavy atom. The first-order chi connectivity index (χ1) is 16.4. The van der Waals surface area contributed by atoms with Crippen LogP contribution >= 0.6 is 0 Å². The van der Waals surface area contributed by atoms with Gasteiger partial charge in [0.1, 0.15) is 22.8 Å². The Morgan fingerprint density at radius 2 is 1.80 bits per heavy atom. The van der Waals surface area contributed by atoms with Gasteiger partial charge in [0, 0.05) is 38.3 Å². The summed E-state index contributed by atoms with van der Waals surface area (Å²) in [6.07, 6.45) is 3.98. The van der Waals surface area contributed by atoms with Gasteiger partial charge in [0.25, 0.3) is 0 Å². The summed E-state index contributed by atoms with van der Waals surface area (Å²) >= 11 is 0. The molecule has 0 aliphatic carbocycles. The molecule has 1 amide bonds. The molecule has 8 nitrogen and oxygen atoms in total. The number of likely N-dealkylation sites (tertiary alicyclic amines) is 1. The number of pyridine rings is 1. The fourth-order valence-electron chi connectivity index (χ4n) is 3.96. The summed E-state index contributed by atoms with van der Waals surface area (Å²) in [5.41, 5.74) is 1.11. The summed E-state index contributed by atoms with van der Waals surface area (Å²) in [6.45, 7) is 13.1. The van der Waals surface area contributed by atoms with Gasteiger partial charge in [-0.2, -0.15) is 0 Å². The molecule has 0 unspecified atom stereocenters. The number of amides is 1. The zero-order valence-corrected chi connectivity index (χ0v) is 21.3.